The molecule has 146 valence electrons. The first kappa shape index (κ1) is 19.4. The number of nitrogens with two attached hydrogens (primary N) is 1. The third-order valence-corrected chi connectivity index (χ3v) is 5.26. The summed E-state index contributed by atoms with van der Waals surface area (Å²) in [5.41, 5.74) is 5.88. The van der Waals surface area contributed by atoms with Crippen molar-refractivity contribution in [3.05, 3.63) is 35.1 Å². The van der Waals surface area contributed by atoms with E-state index in [2.05, 4.69) is 10.2 Å². The lowest BCUT2D eigenvalue weighted by molar-refractivity contribution is -0.124. The number of piperidine rings is 1. The first-order chi connectivity index (χ1) is 12.8. The van der Waals surface area contributed by atoms with Crippen molar-refractivity contribution in [1.29, 1.82) is 0 Å². The summed E-state index contributed by atoms with van der Waals surface area (Å²) in [6.07, 6.45) is 3.71. The van der Waals surface area contributed by atoms with E-state index in [0.717, 1.165) is 25.2 Å². The van der Waals surface area contributed by atoms with E-state index in [1.165, 1.54) is 26.2 Å². The number of likely N-dealkylation sites (tertiary alicyclic amines) is 1. The van der Waals surface area contributed by atoms with Crippen LogP contribution in [-0.2, 0) is 11.3 Å². The van der Waals surface area contributed by atoms with Crippen LogP contribution in [0.15, 0.2) is 22.6 Å². The molecule has 1 saturated heterocycles. The highest BCUT2D eigenvalue weighted by molar-refractivity contribution is 6.09. The molecule has 1 aromatic heterocycles. The van der Waals surface area contributed by atoms with Crippen molar-refractivity contribution in [2.24, 2.45) is 5.73 Å². The lowest BCUT2D eigenvalue weighted by Gasteiger charge is -2.26. The van der Waals surface area contributed by atoms with Crippen LogP contribution in [0.1, 0.15) is 47.9 Å². The van der Waals surface area contributed by atoms with Crippen molar-refractivity contribution in [1.82, 2.24) is 10.2 Å². The van der Waals surface area contributed by atoms with Crippen LogP contribution in [0.3, 0.4) is 0 Å². The molecule has 2 heterocycles. The SMILES string of the molecule is Cc1oc2ccc(CN3CCCCC3)cc2c1C(=O)N[C@@](C)(CO)C(N)=O. The van der Waals surface area contributed by atoms with E-state index in [-0.39, 0.29) is 0 Å². The second-order valence-corrected chi connectivity index (χ2v) is 7.51. The highest BCUT2D eigenvalue weighted by Gasteiger charge is 2.34. The molecule has 0 aliphatic carbocycles. The van der Waals surface area contributed by atoms with Crippen LogP contribution in [0.25, 0.3) is 11.0 Å². The summed E-state index contributed by atoms with van der Waals surface area (Å²) in [6, 6.07) is 5.86. The number of nitrogens with one attached hydrogen (secondary N) is 1. The molecule has 3 rings (SSSR count). The second kappa shape index (κ2) is 7.70. The predicted molar refractivity (Wildman–Crippen MR) is 102 cm³/mol. The largest absolute Gasteiger partial charge is 0.461 e. The predicted octanol–water partition coefficient (Wildman–Crippen LogP) is 1.69. The van der Waals surface area contributed by atoms with Crippen molar-refractivity contribution in [2.75, 3.05) is 19.7 Å². The van der Waals surface area contributed by atoms with Crippen LogP contribution in [0.5, 0.6) is 0 Å². The third-order valence-electron chi connectivity index (χ3n) is 5.26. The highest BCUT2D eigenvalue weighted by atomic mass is 16.3. The van der Waals surface area contributed by atoms with Gasteiger partial charge in [-0.05, 0) is 57.5 Å². The first-order valence-electron chi connectivity index (χ1n) is 9.32. The zero-order valence-corrected chi connectivity index (χ0v) is 15.9. The summed E-state index contributed by atoms with van der Waals surface area (Å²) in [6.45, 7) is 5.53. The number of rotatable bonds is 6. The van der Waals surface area contributed by atoms with E-state index in [0.29, 0.717) is 22.3 Å². The third kappa shape index (κ3) is 3.99. The van der Waals surface area contributed by atoms with Gasteiger partial charge in [-0.25, -0.2) is 0 Å². The van der Waals surface area contributed by atoms with E-state index < -0.39 is 24.0 Å². The molecule has 0 radical (unpaired) electrons. The van der Waals surface area contributed by atoms with Crippen molar-refractivity contribution >= 4 is 22.8 Å². The summed E-state index contributed by atoms with van der Waals surface area (Å²) in [5.74, 6) is -0.825. The highest BCUT2D eigenvalue weighted by Crippen LogP contribution is 2.28. The number of amides is 2. The van der Waals surface area contributed by atoms with Crippen LogP contribution in [0.4, 0.5) is 0 Å². The van der Waals surface area contributed by atoms with Crippen molar-refractivity contribution in [3.63, 3.8) is 0 Å². The Labute approximate surface area is 158 Å². The van der Waals surface area contributed by atoms with Crippen LogP contribution < -0.4 is 11.1 Å². The van der Waals surface area contributed by atoms with Gasteiger partial charge in [0, 0.05) is 11.9 Å². The average molecular weight is 373 g/mol. The number of aliphatic hydroxyl groups excluding tert-OH is 1. The summed E-state index contributed by atoms with van der Waals surface area (Å²) in [4.78, 5) is 26.8. The van der Waals surface area contributed by atoms with E-state index in [1.54, 1.807) is 6.92 Å². The van der Waals surface area contributed by atoms with Gasteiger partial charge < -0.3 is 20.6 Å². The fourth-order valence-corrected chi connectivity index (χ4v) is 3.52. The first-order valence-corrected chi connectivity index (χ1v) is 9.32. The fourth-order valence-electron chi connectivity index (χ4n) is 3.52. The number of fused-ring (bicyclic) bond motifs is 1. The smallest absolute Gasteiger partial charge is 0.256 e. The van der Waals surface area contributed by atoms with Gasteiger partial charge in [0.15, 0.2) is 0 Å². The monoisotopic (exact) mass is 373 g/mol. The Hall–Kier alpha value is -2.38. The van der Waals surface area contributed by atoms with E-state index in [1.807, 2.05) is 18.2 Å². The molecule has 1 atom stereocenters. The van der Waals surface area contributed by atoms with Gasteiger partial charge in [0.05, 0.1) is 12.2 Å². The van der Waals surface area contributed by atoms with Gasteiger partial charge >= 0.3 is 0 Å². The number of aryl methyl sites for hydroxylation is 1. The van der Waals surface area contributed by atoms with E-state index >= 15 is 0 Å². The van der Waals surface area contributed by atoms with Gasteiger partial charge in [0.1, 0.15) is 16.9 Å². The molecule has 0 unspecified atom stereocenters. The lowest BCUT2D eigenvalue weighted by atomic mass is 10.0. The molecule has 0 saturated carbocycles. The number of aliphatic hydroxyl groups is 1. The van der Waals surface area contributed by atoms with E-state index in [4.69, 9.17) is 10.2 Å². The molecule has 2 aromatic rings. The zero-order chi connectivity index (χ0) is 19.6. The standard InChI is InChI=1S/C20H27N3O4/c1-13-17(18(25)22-20(2,12-24)19(21)26)15-10-14(6-7-16(15)27-13)11-23-8-4-3-5-9-23/h6-7,10,24H,3-5,8-9,11-12H2,1-2H3,(H2,21,26)(H,22,25)/t20-/m0/s1. The quantitative estimate of drug-likeness (QED) is 0.714. The molecule has 7 heteroatoms. The molecule has 7 nitrogen and oxygen atoms in total. The zero-order valence-electron chi connectivity index (χ0n) is 15.9. The molecule has 27 heavy (non-hydrogen) atoms. The maximum Gasteiger partial charge on any atom is 0.256 e. The number of hydrogen-bond donors (Lipinski definition) is 3. The molecule has 0 bridgehead atoms. The number of nitrogens with zero attached hydrogens (tertiary/aromatic N) is 1. The molecule has 1 aliphatic heterocycles. The molecule has 0 spiro atoms. The Morgan fingerprint density at radius 1 is 1.30 bits per heavy atom. The number of hydrogen-bond acceptors (Lipinski definition) is 5. The fraction of sp³-hybridized carbons (Fsp3) is 0.500. The summed E-state index contributed by atoms with van der Waals surface area (Å²) in [5, 5.41) is 12.7. The summed E-state index contributed by atoms with van der Waals surface area (Å²) in [7, 11) is 0. The van der Waals surface area contributed by atoms with Gasteiger partial charge in [0.25, 0.3) is 5.91 Å². The Morgan fingerprint density at radius 2 is 2.00 bits per heavy atom. The van der Waals surface area contributed by atoms with Gasteiger partial charge in [-0.2, -0.15) is 0 Å². The van der Waals surface area contributed by atoms with Gasteiger partial charge in [-0.1, -0.05) is 12.5 Å². The minimum atomic E-state index is -1.53. The van der Waals surface area contributed by atoms with Gasteiger partial charge in [0.2, 0.25) is 5.91 Å². The van der Waals surface area contributed by atoms with Crippen molar-refractivity contribution in [3.8, 4) is 0 Å². The maximum atomic E-state index is 12.8. The molecule has 1 aromatic carbocycles. The van der Waals surface area contributed by atoms with Crippen LogP contribution >= 0.6 is 0 Å². The van der Waals surface area contributed by atoms with Gasteiger partial charge in [-0.3, -0.25) is 14.5 Å². The van der Waals surface area contributed by atoms with Crippen LogP contribution in [-0.4, -0.2) is 47.1 Å². The second-order valence-electron chi connectivity index (χ2n) is 7.51. The van der Waals surface area contributed by atoms with Crippen LogP contribution in [0.2, 0.25) is 0 Å². The minimum absolute atomic E-state index is 0.367. The average Bonchev–Trinajstić information content (AvgIpc) is 2.97. The lowest BCUT2D eigenvalue weighted by Crippen LogP contribution is -2.57. The summed E-state index contributed by atoms with van der Waals surface area (Å²) >= 11 is 0. The maximum absolute atomic E-state index is 12.8. The minimum Gasteiger partial charge on any atom is -0.461 e. The topological polar surface area (TPSA) is 109 Å². The normalized spacial score (nSPS) is 17.6. The number of primary amides is 1. The van der Waals surface area contributed by atoms with Crippen LogP contribution in [0, 0.1) is 6.92 Å². The Balaban J connectivity index is 1.90. The molecule has 4 N–H and O–H groups in total. The number of carbonyl (C=O) groups is 2. The van der Waals surface area contributed by atoms with Gasteiger partial charge in [-0.15, -0.1) is 0 Å². The van der Waals surface area contributed by atoms with Crippen molar-refractivity contribution in [2.45, 2.75) is 45.2 Å². The Kier molecular flexibility index (Phi) is 5.53. The molecule has 2 amide bonds. The van der Waals surface area contributed by atoms with E-state index in [9.17, 15) is 14.7 Å². The number of carbonyl (C=O) groups excluding carboxylic acids is 2. The molecular formula is C20H27N3O4. The summed E-state index contributed by atoms with van der Waals surface area (Å²) < 4.78 is 5.72. The number of benzene rings is 1. The Bertz CT molecular complexity index is 854. The number of furan rings is 1. The molecule has 1 aliphatic rings. The molecule has 1 fully saturated rings. The van der Waals surface area contributed by atoms with Crippen molar-refractivity contribution < 1.29 is 19.1 Å². The Morgan fingerprint density at radius 3 is 2.63 bits per heavy atom. The molecular weight excluding hydrogens is 346 g/mol.